The van der Waals surface area contributed by atoms with Crippen LogP contribution < -0.4 is 0 Å². The molecule has 3 rings (SSSR count). The second kappa shape index (κ2) is 4.89. The van der Waals surface area contributed by atoms with Crippen LogP contribution in [0.4, 0.5) is 8.78 Å². The molecule has 1 N–H and O–H groups in total. The van der Waals surface area contributed by atoms with E-state index in [1.165, 1.54) is 6.07 Å². The third-order valence-electron chi connectivity index (χ3n) is 3.02. The zero-order chi connectivity index (χ0) is 14.3. The van der Waals surface area contributed by atoms with Gasteiger partial charge in [-0.15, -0.1) is 0 Å². The van der Waals surface area contributed by atoms with E-state index >= 15 is 0 Å². The summed E-state index contributed by atoms with van der Waals surface area (Å²) in [5, 5.41) is 11.4. The molecule has 2 aromatic carbocycles. The average molecular weight is 295 g/mol. The van der Waals surface area contributed by atoms with Crippen LogP contribution in [0.2, 0.25) is 5.02 Å². The number of benzene rings is 2. The standard InChI is InChI=1S/C15H9ClF2O2/c16-9-1-4-13-8(5-9)6-14(20-13)15(19)11-3-2-10(17)7-12(11)18/h1-7,15,19H. The number of hydrogen-bond donors (Lipinski definition) is 1. The molecule has 1 aromatic heterocycles. The first kappa shape index (κ1) is 13.1. The Morgan fingerprint density at radius 1 is 1.05 bits per heavy atom. The van der Waals surface area contributed by atoms with Crippen molar-refractivity contribution in [1.82, 2.24) is 0 Å². The SMILES string of the molecule is OC(c1cc2cc(Cl)ccc2o1)c1ccc(F)cc1F. The molecule has 0 aliphatic carbocycles. The number of fused-ring (bicyclic) bond motifs is 1. The second-order valence-corrected chi connectivity index (χ2v) is 4.84. The van der Waals surface area contributed by atoms with Crippen molar-refractivity contribution in [3.8, 4) is 0 Å². The van der Waals surface area contributed by atoms with E-state index in [2.05, 4.69) is 0 Å². The molecule has 0 saturated carbocycles. The highest BCUT2D eigenvalue weighted by atomic mass is 35.5. The summed E-state index contributed by atoms with van der Waals surface area (Å²) in [6, 6.07) is 9.57. The molecule has 0 saturated heterocycles. The van der Waals surface area contributed by atoms with Gasteiger partial charge in [0.2, 0.25) is 0 Å². The first-order chi connectivity index (χ1) is 9.54. The first-order valence-corrected chi connectivity index (χ1v) is 6.24. The third-order valence-corrected chi connectivity index (χ3v) is 3.26. The molecule has 1 atom stereocenters. The molecule has 1 heterocycles. The summed E-state index contributed by atoms with van der Waals surface area (Å²) in [6.07, 6.45) is -1.30. The molecule has 0 radical (unpaired) electrons. The zero-order valence-electron chi connectivity index (χ0n) is 10.1. The van der Waals surface area contributed by atoms with Crippen molar-refractivity contribution >= 4 is 22.6 Å². The quantitative estimate of drug-likeness (QED) is 0.757. The smallest absolute Gasteiger partial charge is 0.139 e. The minimum atomic E-state index is -1.30. The Morgan fingerprint density at radius 2 is 1.85 bits per heavy atom. The van der Waals surface area contributed by atoms with E-state index in [4.69, 9.17) is 16.0 Å². The maximum absolute atomic E-state index is 13.6. The van der Waals surface area contributed by atoms with Crippen LogP contribution in [0.1, 0.15) is 17.4 Å². The van der Waals surface area contributed by atoms with Gasteiger partial charge in [-0.05, 0) is 30.3 Å². The Balaban J connectivity index is 2.05. The summed E-state index contributed by atoms with van der Waals surface area (Å²) in [5.41, 5.74) is 0.488. The van der Waals surface area contributed by atoms with Crippen molar-refractivity contribution in [2.75, 3.05) is 0 Å². The maximum atomic E-state index is 13.6. The monoisotopic (exact) mass is 294 g/mol. The van der Waals surface area contributed by atoms with Crippen molar-refractivity contribution in [3.63, 3.8) is 0 Å². The minimum absolute atomic E-state index is 0.0449. The van der Waals surface area contributed by atoms with Gasteiger partial charge in [-0.25, -0.2) is 8.78 Å². The van der Waals surface area contributed by atoms with Crippen molar-refractivity contribution in [2.24, 2.45) is 0 Å². The third kappa shape index (κ3) is 2.28. The molecular formula is C15H9ClF2O2. The molecule has 0 amide bonds. The Bertz CT molecular complexity index is 783. The highest BCUT2D eigenvalue weighted by molar-refractivity contribution is 6.31. The van der Waals surface area contributed by atoms with Gasteiger partial charge in [0.25, 0.3) is 0 Å². The Labute approximate surface area is 118 Å². The lowest BCUT2D eigenvalue weighted by Crippen LogP contribution is -2.01. The Morgan fingerprint density at radius 3 is 2.60 bits per heavy atom. The van der Waals surface area contributed by atoms with Gasteiger partial charge in [-0.2, -0.15) is 0 Å². The maximum Gasteiger partial charge on any atom is 0.139 e. The number of hydrogen-bond acceptors (Lipinski definition) is 2. The number of rotatable bonds is 2. The predicted molar refractivity (Wildman–Crippen MR) is 71.6 cm³/mol. The topological polar surface area (TPSA) is 33.4 Å². The van der Waals surface area contributed by atoms with Crippen LogP contribution in [0.15, 0.2) is 46.9 Å². The largest absolute Gasteiger partial charge is 0.458 e. The minimum Gasteiger partial charge on any atom is -0.458 e. The lowest BCUT2D eigenvalue weighted by atomic mass is 10.1. The van der Waals surface area contributed by atoms with Gasteiger partial charge in [0.05, 0.1) is 0 Å². The van der Waals surface area contributed by atoms with Gasteiger partial charge in [-0.3, -0.25) is 0 Å². The molecule has 3 aromatic rings. The van der Waals surface area contributed by atoms with Crippen molar-refractivity contribution in [3.05, 3.63) is 70.4 Å². The van der Waals surface area contributed by atoms with Crippen LogP contribution in [-0.2, 0) is 0 Å². The van der Waals surface area contributed by atoms with E-state index in [1.807, 2.05) is 0 Å². The van der Waals surface area contributed by atoms with Crippen LogP contribution in [0.3, 0.4) is 0 Å². The van der Waals surface area contributed by atoms with Gasteiger partial charge in [-0.1, -0.05) is 17.7 Å². The summed E-state index contributed by atoms with van der Waals surface area (Å²) in [4.78, 5) is 0. The molecular weight excluding hydrogens is 286 g/mol. The normalized spacial score (nSPS) is 12.8. The molecule has 0 spiro atoms. The van der Waals surface area contributed by atoms with Crippen LogP contribution >= 0.6 is 11.6 Å². The van der Waals surface area contributed by atoms with Crippen LogP contribution in [-0.4, -0.2) is 5.11 Å². The second-order valence-electron chi connectivity index (χ2n) is 4.40. The summed E-state index contributed by atoms with van der Waals surface area (Å²) >= 11 is 5.86. The van der Waals surface area contributed by atoms with E-state index < -0.39 is 17.7 Å². The number of furan rings is 1. The molecule has 0 aliphatic heterocycles. The van der Waals surface area contributed by atoms with E-state index in [9.17, 15) is 13.9 Å². The van der Waals surface area contributed by atoms with Gasteiger partial charge < -0.3 is 9.52 Å². The van der Waals surface area contributed by atoms with Gasteiger partial charge in [0, 0.05) is 22.0 Å². The number of aliphatic hydroxyl groups is 1. The van der Waals surface area contributed by atoms with Gasteiger partial charge >= 0.3 is 0 Å². The predicted octanol–water partition coefficient (Wildman–Crippen LogP) is 4.45. The average Bonchev–Trinajstić information content (AvgIpc) is 2.81. The fourth-order valence-electron chi connectivity index (χ4n) is 2.05. The zero-order valence-corrected chi connectivity index (χ0v) is 10.9. The number of halogens is 3. The lowest BCUT2D eigenvalue weighted by Gasteiger charge is -2.08. The van der Waals surface area contributed by atoms with E-state index in [1.54, 1.807) is 24.3 Å². The van der Waals surface area contributed by atoms with Crippen LogP contribution in [0, 0.1) is 11.6 Å². The fraction of sp³-hybridized carbons (Fsp3) is 0.0667. The van der Waals surface area contributed by atoms with Gasteiger partial charge in [0.1, 0.15) is 29.1 Å². The molecule has 102 valence electrons. The van der Waals surface area contributed by atoms with Crippen LogP contribution in [0.5, 0.6) is 0 Å². The lowest BCUT2D eigenvalue weighted by molar-refractivity contribution is 0.187. The molecule has 1 unspecified atom stereocenters. The van der Waals surface area contributed by atoms with Crippen LogP contribution in [0.25, 0.3) is 11.0 Å². The van der Waals surface area contributed by atoms with Gasteiger partial charge in [0.15, 0.2) is 0 Å². The van der Waals surface area contributed by atoms with E-state index in [-0.39, 0.29) is 11.3 Å². The molecule has 0 aliphatic rings. The summed E-state index contributed by atoms with van der Waals surface area (Å²) in [6.45, 7) is 0. The summed E-state index contributed by atoms with van der Waals surface area (Å²) in [7, 11) is 0. The summed E-state index contributed by atoms with van der Waals surface area (Å²) in [5.74, 6) is -1.35. The highest BCUT2D eigenvalue weighted by Gasteiger charge is 2.19. The van der Waals surface area contributed by atoms with Crippen molar-refractivity contribution < 1.29 is 18.3 Å². The van der Waals surface area contributed by atoms with E-state index in [0.717, 1.165) is 12.1 Å². The summed E-state index contributed by atoms with van der Waals surface area (Å²) < 4.78 is 32.0. The highest BCUT2D eigenvalue weighted by Crippen LogP contribution is 2.30. The molecule has 0 fully saturated rings. The molecule has 0 bridgehead atoms. The van der Waals surface area contributed by atoms with E-state index in [0.29, 0.717) is 16.0 Å². The molecule has 2 nitrogen and oxygen atoms in total. The fourth-order valence-corrected chi connectivity index (χ4v) is 2.23. The molecule has 5 heteroatoms. The Hall–Kier alpha value is -1.91. The number of aliphatic hydroxyl groups excluding tert-OH is 1. The Kier molecular flexibility index (Phi) is 3.20. The van der Waals surface area contributed by atoms with Crippen molar-refractivity contribution in [2.45, 2.75) is 6.10 Å². The molecule has 20 heavy (non-hydrogen) atoms. The first-order valence-electron chi connectivity index (χ1n) is 5.86. The van der Waals surface area contributed by atoms with Crippen molar-refractivity contribution in [1.29, 1.82) is 0 Å².